The van der Waals surface area contributed by atoms with E-state index in [2.05, 4.69) is 21.1 Å². The standard InChI is InChI=1S/C18H25N3O2S/c1-4-9-20-10-12-21(13-11-20)18-15(3)17(24(22,23)19-18)16-7-5-14(2)6-8-16/h5-8H,4,9-13H2,1-3H3. The average molecular weight is 347 g/mol. The van der Waals surface area contributed by atoms with E-state index in [1.54, 1.807) is 0 Å². The van der Waals surface area contributed by atoms with Crippen LogP contribution in [0.2, 0.25) is 0 Å². The van der Waals surface area contributed by atoms with Crippen LogP contribution in [0.5, 0.6) is 0 Å². The van der Waals surface area contributed by atoms with Gasteiger partial charge in [-0.25, -0.2) is 0 Å². The Morgan fingerprint density at radius 3 is 2.25 bits per heavy atom. The number of aryl methyl sites for hydroxylation is 1. The molecule has 2 aliphatic rings. The van der Waals surface area contributed by atoms with Crippen molar-refractivity contribution in [1.29, 1.82) is 0 Å². The van der Waals surface area contributed by atoms with Gasteiger partial charge in [0.05, 0.1) is 0 Å². The van der Waals surface area contributed by atoms with E-state index >= 15 is 0 Å². The maximum absolute atomic E-state index is 12.6. The normalized spacial score (nSPS) is 21.3. The summed E-state index contributed by atoms with van der Waals surface area (Å²) in [5.41, 5.74) is 2.60. The third-order valence-corrected chi connectivity index (χ3v) is 6.14. The first-order valence-corrected chi connectivity index (χ1v) is 9.97. The minimum atomic E-state index is -3.61. The molecule has 3 rings (SSSR count). The number of hydrogen-bond donors (Lipinski definition) is 0. The van der Waals surface area contributed by atoms with Gasteiger partial charge in [0, 0.05) is 31.8 Å². The predicted molar refractivity (Wildman–Crippen MR) is 98.4 cm³/mol. The monoisotopic (exact) mass is 347 g/mol. The molecule has 0 N–H and O–H groups in total. The summed E-state index contributed by atoms with van der Waals surface area (Å²) in [6, 6.07) is 7.60. The van der Waals surface area contributed by atoms with E-state index < -0.39 is 10.0 Å². The molecule has 0 saturated carbocycles. The van der Waals surface area contributed by atoms with Crippen LogP contribution in [0.4, 0.5) is 0 Å². The van der Waals surface area contributed by atoms with Crippen molar-refractivity contribution in [2.24, 2.45) is 4.40 Å². The third-order valence-electron chi connectivity index (χ3n) is 4.67. The molecule has 2 heterocycles. The lowest BCUT2D eigenvalue weighted by atomic mass is 10.1. The highest BCUT2D eigenvalue weighted by atomic mass is 32.2. The summed E-state index contributed by atoms with van der Waals surface area (Å²) in [4.78, 5) is 4.88. The summed E-state index contributed by atoms with van der Waals surface area (Å²) in [7, 11) is -3.61. The zero-order chi connectivity index (χ0) is 17.3. The molecule has 5 nitrogen and oxygen atoms in total. The van der Waals surface area contributed by atoms with Gasteiger partial charge in [0.2, 0.25) is 0 Å². The van der Waals surface area contributed by atoms with Gasteiger partial charge in [-0.3, -0.25) is 4.90 Å². The van der Waals surface area contributed by atoms with Crippen LogP contribution in [0, 0.1) is 6.92 Å². The molecule has 0 atom stereocenters. The minimum absolute atomic E-state index is 0.355. The summed E-state index contributed by atoms with van der Waals surface area (Å²) in [6.07, 6.45) is 1.14. The lowest BCUT2D eigenvalue weighted by molar-refractivity contribution is 0.183. The Morgan fingerprint density at radius 2 is 1.67 bits per heavy atom. The van der Waals surface area contributed by atoms with Crippen molar-refractivity contribution in [3.63, 3.8) is 0 Å². The fourth-order valence-corrected chi connectivity index (χ4v) is 4.87. The lowest BCUT2D eigenvalue weighted by Crippen LogP contribution is -2.48. The molecule has 0 bridgehead atoms. The zero-order valence-electron chi connectivity index (χ0n) is 14.6. The quantitative estimate of drug-likeness (QED) is 0.843. The predicted octanol–water partition coefficient (Wildman–Crippen LogP) is 2.50. The highest BCUT2D eigenvalue weighted by molar-refractivity contribution is 8.00. The van der Waals surface area contributed by atoms with Crippen LogP contribution in [0.3, 0.4) is 0 Å². The van der Waals surface area contributed by atoms with Gasteiger partial charge in [-0.2, -0.15) is 8.42 Å². The molecule has 0 amide bonds. The van der Waals surface area contributed by atoms with Crippen molar-refractivity contribution in [2.75, 3.05) is 32.7 Å². The maximum atomic E-state index is 12.6. The molecule has 2 aliphatic heterocycles. The molecule has 130 valence electrons. The van der Waals surface area contributed by atoms with Crippen LogP contribution in [0.1, 0.15) is 31.4 Å². The van der Waals surface area contributed by atoms with E-state index in [-0.39, 0.29) is 0 Å². The van der Waals surface area contributed by atoms with Crippen molar-refractivity contribution < 1.29 is 8.42 Å². The highest BCUT2D eigenvalue weighted by Gasteiger charge is 2.34. The second kappa shape index (κ2) is 6.69. The Hall–Kier alpha value is -1.66. The first kappa shape index (κ1) is 17.2. The Morgan fingerprint density at radius 1 is 1.04 bits per heavy atom. The molecule has 6 heteroatoms. The molecule has 1 fully saturated rings. The lowest BCUT2D eigenvalue weighted by Gasteiger charge is -2.35. The molecule has 1 saturated heterocycles. The van der Waals surface area contributed by atoms with Crippen molar-refractivity contribution in [3.8, 4) is 0 Å². The summed E-state index contributed by atoms with van der Waals surface area (Å²) < 4.78 is 29.3. The van der Waals surface area contributed by atoms with Gasteiger partial charge in [0.15, 0.2) is 0 Å². The van der Waals surface area contributed by atoms with Crippen LogP contribution in [0.15, 0.2) is 34.2 Å². The second-order valence-electron chi connectivity index (χ2n) is 6.54. The molecule has 0 aromatic heterocycles. The number of nitrogens with zero attached hydrogens (tertiary/aromatic N) is 3. The highest BCUT2D eigenvalue weighted by Crippen LogP contribution is 2.33. The van der Waals surface area contributed by atoms with E-state index in [1.807, 2.05) is 38.1 Å². The second-order valence-corrected chi connectivity index (χ2v) is 8.08. The molecular weight excluding hydrogens is 322 g/mol. The van der Waals surface area contributed by atoms with Gasteiger partial charge in [0.25, 0.3) is 10.0 Å². The largest absolute Gasteiger partial charge is 0.353 e. The summed E-state index contributed by atoms with van der Waals surface area (Å²) in [5.74, 6) is 0.627. The maximum Gasteiger partial charge on any atom is 0.285 e. The van der Waals surface area contributed by atoms with Crippen molar-refractivity contribution in [2.45, 2.75) is 27.2 Å². The Labute approximate surface area is 144 Å². The fraction of sp³-hybridized carbons (Fsp3) is 0.500. The van der Waals surface area contributed by atoms with Gasteiger partial charge >= 0.3 is 0 Å². The minimum Gasteiger partial charge on any atom is -0.353 e. The number of amidine groups is 1. The van der Waals surface area contributed by atoms with Gasteiger partial charge in [-0.05, 0) is 32.4 Å². The SMILES string of the molecule is CCCN1CCN(C2=NS(=O)(=O)C(c3ccc(C)cc3)=C2C)CC1. The first-order valence-electron chi connectivity index (χ1n) is 8.53. The number of benzene rings is 1. The number of rotatable bonds is 3. The molecule has 0 unspecified atom stereocenters. The fourth-order valence-electron chi connectivity index (χ4n) is 3.39. The molecule has 0 radical (unpaired) electrons. The molecule has 1 aromatic carbocycles. The van der Waals surface area contributed by atoms with Crippen molar-refractivity contribution in [1.82, 2.24) is 9.80 Å². The zero-order valence-corrected chi connectivity index (χ0v) is 15.4. The number of piperazine rings is 1. The van der Waals surface area contributed by atoms with Gasteiger partial charge in [0.1, 0.15) is 10.7 Å². The number of hydrogen-bond acceptors (Lipinski definition) is 4. The Bertz CT molecular complexity index is 771. The van der Waals surface area contributed by atoms with Gasteiger partial charge < -0.3 is 4.90 Å². The van der Waals surface area contributed by atoms with Crippen LogP contribution in [-0.4, -0.2) is 56.8 Å². The van der Waals surface area contributed by atoms with Crippen LogP contribution in [-0.2, 0) is 10.0 Å². The molecule has 0 aliphatic carbocycles. The van der Waals surface area contributed by atoms with Gasteiger partial charge in [-0.15, -0.1) is 4.40 Å². The first-order chi connectivity index (χ1) is 11.4. The van der Waals surface area contributed by atoms with Crippen LogP contribution in [0.25, 0.3) is 4.91 Å². The summed E-state index contributed by atoms with van der Waals surface area (Å²) in [6.45, 7) is 10.7. The van der Waals surface area contributed by atoms with Crippen LogP contribution < -0.4 is 0 Å². The van der Waals surface area contributed by atoms with E-state index in [4.69, 9.17) is 0 Å². The smallest absolute Gasteiger partial charge is 0.285 e. The van der Waals surface area contributed by atoms with E-state index in [1.165, 1.54) is 0 Å². The average Bonchev–Trinajstić information content (AvgIpc) is 2.79. The third kappa shape index (κ3) is 3.26. The Kier molecular flexibility index (Phi) is 4.78. The summed E-state index contributed by atoms with van der Waals surface area (Å²) >= 11 is 0. The molecule has 24 heavy (non-hydrogen) atoms. The van der Waals surface area contributed by atoms with Crippen molar-refractivity contribution in [3.05, 3.63) is 41.0 Å². The molecular formula is C18H25N3O2S. The van der Waals surface area contributed by atoms with E-state index in [9.17, 15) is 8.42 Å². The topological polar surface area (TPSA) is 53.0 Å². The van der Waals surface area contributed by atoms with Crippen LogP contribution >= 0.6 is 0 Å². The Balaban J connectivity index is 1.87. The van der Waals surface area contributed by atoms with E-state index in [0.29, 0.717) is 10.7 Å². The van der Waals surface area contributed by atoms with E-state index in [0.717, 1.165) is 55.8 Å². The molecule has 0 spiro atoms. The number of sulfonamides is 1. The van der Waals surface area contributed by atoms with Gasteiger partial charge in [-0.1, -0.05) is 36.8 Å². The summed E-state index contributed by atoms with van der Waals surface area (Å²) in [5, 5.41) is 0. The van der Waals surface area contributed by atoms with Crippen molar-refractivity contribution >= 4 is 20.8 Å². The molecule has 1 aromatic rings.